The van der Waals surface area contributed by atoms with E-state index in [1.807, 2.05) is 6.92 Å². The van der Waals surface area contributed by atoms with E-state index in [1.165, 1.54) is 0 Å². The van der Waals surface area contributed by atoms with E-state index in [9.17, 15) is 4.79 Å². The van der Waals surface area contributed by atoms with E-state index in [4.69, 9.17) is 5.73 Å². The van der Waals surface area contributed by atoms with Crippen LogP contribution in [-0.2, 0) is 4.79 Å². The molecule has 98 valence electrons. The fraction of sp³-hybridized carbons (Fsp3) is 0.583. The predicted molar refractivity (Wildman–Crippen MR) is 70.4 cm³/mol. The Hall–Kier alpha value is -1.85. The topological polar surface area (TPSA) is 92.9 Å². The van der Waals surface area contributed by atoms with Crippen LogP contribution in [0.4, 0.5) is 11.6 Å². The van der Waals surface area contributed by atoms with Gasteiger partial charge < -0.3 is 16.4 Å². The summed E-state index contributed by atoms with van der Waals surface area (Å²) in [6.07, 6.45) is 2.28. The normalized spacial score (nSPS) is 16.1. The largest absolute Gasteiger partial charge is 0.370 e. The van der Waals surface area contributed by atoms with Gasteiger partial charge in [-0.15, -0.1) is 0 Å². The molecule has 4 N–H and O–H groups in total. The number of carbonyl (C=O) groups is 1. The number of anilines is 2. The summed E-state index contributed by atoms with van der Waals surface area (Å²) in [5.41, 5.74) is 5.23. The lowest BCUT2D eigenvalue weighted by atomic mass is 10.3. The Morgan fingerprint density at radius 1 is 1.50 bits per heavy atom. The molecule has 1 amide bonds. The Morgan fingerprint density at radius 2 is 2.17 bits per heavy atom. The van der Waals surface area contributed by atoms with Crippen LogP contribution in [0, 0.1) is 0 Å². The van der Waals surface area contributed by atoms with Gasteiger partial charge in [0.1, 0.15) is 23.5 Å². The predicted octanol–water partition coefficient (Wildman–Crippen LogP) is 1.07. The van der Waals surface area contributed by atoms with Crippen molar-refractivity contribution in [3.8, 4) is 0 Å². The maximum Gasteiger partial charge on any atom is 0.239 e. The van der Waals surface area contributed by atoms with E-state index in [1.54, 1.807) is 13.0 Å². The zero-order chi connectivity index (χ0) is 13.1. The maximum absolute atomic E-state index is 11.0. The average molecular weight is 249 g/mol. The van der Waals surface area contributed by atoms with Gasteiger partial charge in [0, 0.05) is 18.5 Å². The van der Waals surface area contributed by atoms with Crippen LogP contribution in [0.25, 0.3) is 0 Å². The number of amides is 1. The van der Waals surface area contributed by atoms with Gasteiger partial charge in [-0.05, 0) is 26.7 Å². The number of primary amides is 1. The number of hydrogen-bond acceptors (Lipinski definition) is 5. The highest BCUT2D eigenvalue weighted by Crippen LogP contribution is 2.38. The number of nitrogens with two attached hydrogens (primary N) is 1. The Labute approximate surface area is 106 Å². The van der Waals surface area contributed by atoms with Crippen molar-refractivity contribution >= 4 is 17.5 Å². The second kappa shape index (κ2) is 5.20. The molecule has 0 bridgehead atoms. The van der Waals surface area contributed by atoms with Crippen LogP contribution in [0.1, 0.15) is 38.4 Å². The van der Waals surface area contributed by atoms with Crippen LogP contribution in [0.5, 0.6) is 0 Å². The first-order chi connectivity index (χ1) is 8.60. The average Bonchev–Trinajstić information content (AvgIpc) is 3.12. The van der Waals surface area contributed by atoms with Gasteiger partial charge in [0.15, 0.2) is 0 Å². The number of hydrogen-bond donors (Lipinski definition) is 3. The molecule has 0 aliphatic heterocycles. The van der Waals surface area contributed by atoms with Crippen LogP contribution in [-0.4, -0.2) is 28.5 Å². The standard InChI is InChI=1S/C12H19N5O/c1-3-14-9-6-10(15-7(2)11(13)18)17-12(16-9)8-4-5-8/h6-8H,3-5H2,1-2H3,(H2,13,18)(H2,14,15,16,17). The van der Waals surface area contributed by atoms with Crippen molar-refractivity contribution in [2.45, 2.75) is 38.6 Å². The lowest BCUT2D eigenvalue weighted by molar-refractivity contribution is -0.118. The molecular weight excluding hydrogens is 230 g/mol. The fourth-order valence-corrected chi connectivity index (χ4v) is 1.63. The van der Waals surface area contributed by atoms with E-state index < -0.39 is 11.9 Å². The van der Waals surface area contributed by atoms with E-state index >= 15 is 0 Å². The summed E-state index contributed by atoms with van der Waals surface area (Å²) in [4.78, 5) is 19.9. The van der Waals surface area contributed by atoms with E-state index in [0.717, 1.165) is 31.0 Å². The van der Waals surface area contributed by atoms with Crippen LogP contribution in [0.15, 0.2) is 6.07 Å². The molecule has 1 aliphatic carbocycles. The minimum Gasteiger partial charge on any atom is -0.370 e. The van der Waals surface area contributed by atoms with Crippen molar-refractivity contribution in [3.63, 3.8) is 0 Å². The fourth-order valence-electron chi connectivity index (χ4n) is 1.63. The summed E-state index contributed by atoms with van der Waals surface area (Å²) in [7, 11) is 0. The molecular formula is C12H19N5O. The third-order valence-electron chi connectivity index (χ3n) is 2.83. The van der Waals surface area contributed by atoms with E-state index in [-0.39, 0.29) is 0 Å². The van der Waals surface area contributed by atoms with Gasteiger partial charge in [-0.3, -0.25) is 4.79 Å². The van der Waals surface area contributed by atoms with Gasteiger partial charge in [0.25, 0.3) is 0 Å². The summed E-state index contributed by atoms with van der Waals surface area (Å²) >= 11 is 0. The monoisotopic (exact) mass is 249 g/mol. The van der Waals surface area contributed by atoms with Gasteiger partial charge in [-0.1, -0.05) is 0 Å². The minimum absolute atomic E-state index is 0.397. The molecule has 0 aromatic carbocycles. The Morgan fingerprint density at radius 3 is 2.72 bits per heavy atom. The molecule has 1 aromatic rings. The SMILES string of the molecule is CCNc1cc(NC(C)C(N)=O)nc(C2CC2)n1. The quantitative estimate of drug-likeness (QED) is 0.701. The number of nitrogens with zero attached hydrogens (tertiary/aromatic N) is 2. The van der Waals surface area contributed by atoms with Crippen molar-refractivity contribution in [1.82, 2.24) is 9.97 Å². The molecule has 0 spiro atoms. The molecule has 1 atom stereocenters. The molecule has 18 heavy (non-hydrogen) atoms. The highest BCUT2D eigenvalue weighted by molar-refractivity contribution is 5.82. The highest BCUT2D eigenvalue weighted by Gasteiger charge is 2.27. The number of nitrogens with one attached hydrogen (secondary N) is 2. The van der Waals surface area contributed by atoms with Gasteiger partial charge in [0.2, 0.25) is 5.91 Å². The van der Waals surface area contributed by atoms with Crippen molar-refractivity contribution < 1.29 is 4.79 Å². The second-order valence-electron chi connectivity index (χ2n) is 4.57. The zero-order valence-electron chi connectivity index (χ0n) is 10.7. The first-order valence-electron chi connectivity index (χ1n) is 6.29. The summed E-state index contributed by atoms with van der Waals surface area (Å²) in [6, 6.07) is 1.36. The summed E-state index contributed by atoms with van der Waals surface area (Å²) in [6.45, 7) is 4.53. The number of aromatic nitrogens is 2. The molecule has 0 saturated heterocycles. The van der Waals surface area contributed by atoms with Crippen molar-refractivity contribution in [2.75, 3.05) is 17.2 Å². The summed E-state index contributed by atoms with van der Waals surface area (Å²) in [5, 5.41) is 6.16. The van der Waals surface area contributed by atoms with Gasteiger partial charge in [-0.25, -0.2) is 9.97 Å². The maximum atomic E-state index is 11.0. The van der Waals surface area contributed by atoms with E-state index in [0.29, 0.717) is 11.7 Å². The van der Waals surface area contributed by atoms with Crippen molar-refractivity contribution in [3.05, 3.63) is 11.9 Å². The van der Waals surface area contributed by atoms with E-state index in [2.05, 4.69) is 20.6 Å². The Bertz CT molecular complexity index is 444. The van der Waals surface area contributed by atoms with Crippen LogP contribution < -0.4 is 16.4 Å². The molecule has 0 radical (unpaired) electrons. The van der Waals surface area contributed by atoms with Crippen LogP contribution in [0.2, 0.25) is 0 Å². The molecule has 2 rings (SSSR count). The third-order valence-corrected chi connectivity index (χ3v) is 2.83. The molecule has 1 aliphatic rings. The first-order valence-corrected chi connectivity index (χ1v) is 6.29. The molecule has 1 fully saturated rings. The molecule has 1 heterocycles. The van der Waals surface area contributed by atoms with Gasteiger partial charge in [-0.2, -0.15) is 0 Å². The zero-order valence-corrected chi connectivity index (χ0v) is 10.7. The van der Waals surface area contributed by atoms with Crippen LogP contribution in [0.3, 0.4) is 0 Å². The molecule has 6 nitrogen and oxygen atoms in total. The Kier molecular flexibility index (Phi) is 3.64. The van der Waals surface area contributed by atoms with Gasteiger partial charge in [0.05, 0.1) is 0 Å². The number of carbonyl (C=O) groups excluding carboxylic acids is 1. The number of rotatable bonds is 6. The summed E-state index contributed by atoms with van der Waals surface area (Å²) < 4.78 is 0. The highest BCUT2D eigenvalue weighted by atomic mass is 16.1. The summed E-state index contributed by atoms with van der Waals surface area (Å²) in [5.74, 6) is 2.34. The molecule has 1 unspecified atom stereocenters. The lowest BCUT2D eigenvalue weighted by Gasteiger charge is -2.13. The van der Waals surface area contributed by atoms with Crippen LogP contribution >= 0.6 is 0 Å². The first kappa shape index (κ1) is 12.6. The third kappa shape index (κ3) is 3.09. The smallest absolute Gasteiger partial charge is 0.239 e. The second-order valence-corrected chi connectivity index (χ2v) is 4.57. The minimum atomic E-state index is -0.443. The molecule has 6 heteroatoms. The molecule has 1 aromatic heterocycles. The Balaban J connectivity index is 2.19. The van der Waals surface area contributed by atoms with Crippen molar-refractivity contribution in [1.29, 1.82) is 0 Å². The van der Waals surface area contributed by atoms with Gasteiger partial charge >= 0.3 is 0 Å². The molecule has 1 saturated carbocycles. The lowest BCUT2D eigenvalue weighted by Crippen LogP contribution is -2.32. The van der Waals surface area contributed by atoms with Crippen molar-refractivity contribution in [2.24, 2.45) is 5.73 Å².